The molecule has 14 nitrogen and oxygen atoms in total. The van der Waals surface area contributed by atoms with E-state index in [0.717, 1.165) is 56.4 Å². The molecule has 1 aromatic heterocycles. The molecule has 0 aliphatic carbocycles. The third-order valence-electron chi connectivity index (χ3n) is 15.4. The number of aliphatic carboxylic acids is 1. The molecule has 14 heteroatoms. The summed E-state index contributed by atoms with van der Waals surface area (Å²) in [6.45, 7) is 6.39. The van der Waals surface area contributed by atoms with Crippen molar-refractivity contribution < 1.29 is 39.5 Å². The lowest BCUT2D eigenvalue weighted by atomic mass is 9.80. The Hall–Kier alpha value is -6.84. The first-order valence-corrected chi connectivity index (χ1v) is 25.9. The zero-order chi connectivity index (χ0) is 50.9. The predicted octanol–water partition coefficient (Wildman–Crippen LogP) is 7.04. The molecule has 4 heterocycles. The lowest BCUT2D eigenvalue weighted by Crippen LogP contribution is -2.47. The number of phenols is 1. The number of hydrogen-bond acceptors (Lipinski definition) is 10. The van der Waals surface area contributed by atoms with Crippen LogP contribution in [0.5, 0.6) is 11.5 Å². The molecule has 0 radical (unpaired) electrons. The molecule has 0 saturated carbocycles. The quantitative estimate of drug-likeness (QED) is 0.0484. The summed E-state index contributed by atoms with van der Waals surface area (Å²) in [5, 5.41) is 47.7. The lowest BCUT2D eigenvalue weighted by molar-refractivity contribution is -0.155. The topological polar surface area (TPSA) is 196 Å². The molecule has 2 amide bonds. The van der Waals surface area contributed by atoms with Gasteiger partial charge in [0.25, 0.3) is 5.91 Å². The summed E-state index contributed by atoms with van der Waals surface area (Å²) in [5.74, 6) is -0.380. The molecular weight excluding hydrogens is 923 g/mol. The number of phenolic OH excluding ortho intramolecular Hbond substituents is 1. The number of piperidine rings is 3. The van der Waals surface area contributed by atoms with E-state index in [1.54, 1.807) is 48.5 Å². The normalized spacial score (nSPS) is 17.6. The Morgan fingerprint density at radius 1 is 0.740 bits per heavy atom. The van der Waals surface area contributed by atoms with Gasteiger partial charge in [0.1, 0.15) is 11.5 Å². The summed E-state index contributed by atoms with van der Waals surface area (Å²) in [5.41, 5.74) is 2.70. The van der Waals surface area contributed by atoms with Crippen LogP contribution in [-0.2, 0) is 34.6 Å². The van der Waals surface area contributed by atoms with E-state index in [-0.39, 0.29) is 47.1 Å². The SMILES string of the molecule is O=C(c1ccc(CCNC[C@H](O)c2ccc(O)c3[nH]c(=O)ccc23)cc1)N1CCC(C(=O)N2CCC(COc3cccc([C@@](O)(C(=O)O)c4ccccc4CC4CCN(Cc5ccccc5)CC4)c3)CC2)CC1. The van der Waals surface area contributed by atoms with Gasteiger partial charge in [0.15, 0.2) is 0 Å². The largest absolute Gasteiger partial charge is 0.506 e. The molecule has 3 aliphatic rings. The molecule has 3 fully saturated rings. The molecule has 0 bridgehead atoms. The number of hydrogen-bond donors (Lipinski definition) is 6. The highest BCUT2D eigenvalue weighted by Gasteiger charge is 2.42. The Kier molecular flexibility index (Phi) is 16.3. The minimum atomic E-state index is -2.26. The second-order valence-corrected chi connectivity index (χ2v) is 20.2. The first-order valence-electron chi connectivity index (χ1n) is 25.9. The second kappa shape index (κ2) is 23.4. The summed E-state index contributed by atoms with van der Waals surface area (Å²) >= 11 is 0. The number of carboxylic acids is 1. The van der Waals surface area contributed by atoms with Crippen molar-refractivity contribution in [3.05, 3.63) is 177 Å². The number of nitrogens with zero attached hydrogens (tertiary/aromatic N) is 3. The molecular formula is C59H67N5O9. The lowest BCUT2D eigenvalue weighted by Gasteiger charge is -2.37. The van der Waals surface area contributed by atoms with Crippen LogP contribution in [0.15, 0.2) is 132 Å². The molecule has 382 valence electrons. The number of rotatable bonds is 18. The Morgan fingerprint density at radius 3 is 2.18 bits per heavy atom. The van der Waals surface area contributed by atoms with Crippen LogP contribution in [0, 0.1) is 17.8 Å². The summed E-state index contributed by atoms with van der Waals surface area (Å²) in [4.78, 5) is 60.9. The smallest absolute Gasteiger partial charge is 0.345 e. The van der Waals surface area contributed by atoms with E-state index in [9.17, 15) is 39.6 Å². The molecule has 3 aliphatic heterocycles. The molecule has 2 atom stereocenters. The minimum Gasteiger partial charge on any atom is -0.506 e. The number of ether oxygens (including phenoxy) is 1. The van der Waals surface area contributed by atoms with E-state index in [1.165, 1.54) is 17.7 Å². The van der Waals surface area contributed by atoms with Gasteiger partial charge in [-0.3, -0.25) is 19.3 Å². The number of carboxylic acid groups (broad SMARTS) is 1. The molecule has 9 rings (SSSR count). The maximum atomic E-state index is 13.7. The number of likely N-dealkylation sites (tertiary alicyclic amines) is 3. The summed E-state index contributed by atoms with van der Waals surface area (Å²) in [7, 11) is 0. The predicted molar refractivity (Wildman–Crippen MR) is 279 cm³/mol. The number of aromatic amines is 1. The molecule has 6 N–H and O–H groups in total. The van der Waals surface area contributed by atoms with Gasteiger partial charge in [-0.1, -0.05) is 84.9 Å². The summed E-state index contributed by atoms with van der Waals surface area (Å²) in [6, 6.07) is 38.3. The average molecular weight is 990 g/mol. The van der Waals surface area contributed by atoms with Crippen molar-refractivity contribution in [2.75, 3.05) is 59.0 Å². The van der Waals surface area contributed by atoms with Crippen LogP contribution in [-0.4, -0.2) is 117 Å². The zero-order valence-electron chi connectivity index (χ0n) is 41.3. The third-order valence-corrected chi connectivity index (χ3v) is 15.4. The van der Waals surface area contributed by atoms with Crippen LogP contribution in [0.3, 0.4) is 0 Å². The van der Waals surface area contributed by atoms with Crippen molar-refractivity contribution in [2.45, 2.75) is 69.6 Å². The van der Waals surface area contributed by atoms with Crippen LogP contribution < -0.4 is 15.6 Å². The number of carbonyl (C=O) groups excluding carboxylic acids is 2. The highest BCUT2D eigenvalue weighted by molar-refractivity contribution is 5.94. The number of aliphatic hydroxyl groups excluding tert-OH is 1. The average Bonchev–Trinajstić information content (AvgIpc) is 3.42. The van der Waals surface area contributed by atoms with Crippen molar-refractivity contribution in [1.82, 2.24) is 25.0 Å². The van der Waals surface area contributed by atoms with Gasteiger partial charge in [0.2, 0.25) is 17.1 Å². The molecule has 6 aromatic rings. The van der Waals surface area contributed by atoms with Gasteiger partial charge in [-0.2, -0.15) is 0 Å². The second-order valence-electron chi connectivity index (χ2n) is 20.2. The van der Waals surface area contributed by atoms with Gasteiger partial charge in [-0.05, 0) is 141 Å². The Labute approximate surface area is 426 Å². The van der Waals surface area contributed by atoms with Crippen LogP contribution in [0.25, 0.3) is 10.9 Å². The number of pyridine rings is 1. The van der Waals surface area contributed by atoms with Gasteiger partial charge in [0, 0.05) is 73.3 Å². The minimum absolute atomic E-state index is 0.0496. The summed E-state index contributed by atoms with van der Waals surface area (Å²) < 4.78 is 6.28. The van der Waals surface area contributed by atoms with Crippen molar-refractivity contribution in [3.63, 3.8) is 0 Å². The first kappa shape index (κ1) is 51.1. The van der Waals surface area contributed by atoms with Crippen molar-refractivity contribution in [1.29, 1.82) is 0 Å². The van der Waals surface area contributed by atoms with Gasteiger partial charge in [-0.25, -0.2) is 4.79 Å². The van der Waals surface area contributed by atoms with Crippen LogP contribution in [0.2, 0.25) is 0 Å². The Bertz CT molecular complexity index is 2900. The Morgan fingerprint density at radius 2 is 1.44 bits per heavy atom. The number of aromatic hydroxyl groups is 1. The van der Waals surface area contributed by atoms with E-state index in [1.807, 2.05) is 52.3 Å². The third kappa shape index (κ3) is 12.2. The highest BCUT2D eigenvalue weighted by Crippen LogP contribution is 2.37. The van der Waals surface area contributed by atoms with Gasteiger partial charge < -0.3 is 45.3 Å². The van der Waals surface area contributed by atoms with Crippen molar-refractivity contribution in [3.8, 4) is 11.5 Å². The van der Waals surface area contributed by atoms with Gasteiger partial charge >= 0.3 is 5.97 Å². The first-order chi connectivity index (χ1) is 35.4. The maximum absolute atomic E-state index is 13.7. The fraction of sp³-hybridized carbons (Fsp3) is 0.390. The summed E-state index contributed by atoms with van der Waals surface area (Å²) in [6.07, 6.45) is 5.28. The standard InChI is InChI=1S/C59H67N5O9/c65-52-19-17-49(50-18-20-54(67)61-55(50)52)53(66)37-60-28-21-40-13-15-44(16-14-40)56(68)64-33-26-45(27-34-64)57(69)63-31-24-43(25-32-63)39-73-48-11-6-10-47(36-48)59(72,58(70)71)51-12-5-4-9-46(51)35-41-22-29-62(30-23-41)38-42-7-2-1-3-8-42/h1-20,36,41,43,45,53,60,65-66,72H,21-35,37-39H2,(H,61,67)(H,70,71)/t53-,59-/m0/s1. The number of aliphatic hydroxyl groups is 2. The van der Waals surface area contributed by atoms with E-state index < -0.39 is 17.7 Å². The molecule has 0 spiro atoms. The number of amides is 2. The molecule has 5 aromatic carbocycles. The number of fused-ring (bicyclic) bond motifs is 1. The zero-order valence-corrected chi connectivity index (χ0v) is 41.3. The van der Waals surface area contributed by atoms with Crippen LogP contribution in [0.4, 0.5) is 0 Å². The van der Waals surface area contributed by atoms with Gasteiger partial charge in [0.05, 0.1) is 18.2 Å². The van der Waals surface area contributed by atoms with E-state index in [0.29, 0.717) is 104 Å². The highest BCUT2D eigenvalue weighted by atomic mass is 16.5. The molecule has 0 unspecified atom stereocenters. The van der Waals surface area contributed by atoms with E-state index >= 15 is 0 Å². The monoisotopic (exact) mass is 989 g/mol. The van der Waals surface area contributed by atoms with E-state index in [4.69, 9.17) is 4.74 Å². The fourth-order valence-electron chi connectivity index (χ4n) is 11.0. The Balaban J connectivity index is 0.699. The van der Waals surface area contributed by atoms with Gasteiger partial charge in [-0.15, -0.1) is 0 Å². The van der Waals surface area contributed by atoms with E-state index in [2.05, 4.69) is 39.5 Å². The maximum Gasteiger partial charge on any atom is 0.345 e. The van der Waals surface area contributed by atoms with Crippen LogP contribution >= 0.6 is 0 Å². The molecule has 3 saturated heterocycles. The fourth-order valence-corrected chi connectivity index (χ4v) is 11.0. The number of H-pyrrole nitrogens is 1. The number of carbonyl (C=O) groups is 3. The van der Waals surface area contributed by atoms with Crippen LogP contribution in [0.1, 0.15) is 88.4 Å². The number of nitrogens with one attached hydrogen (secondary N) is 2. The number of aromatic nitrogens is 1. The van der Waals surface area contributed by atoms with Crippen molar-refractivity contribution >= 4 is 28.7 Å². The number of benzene rings is 5. The molecule has 73 heavy (non-hydrogen) atoms. The van der Waals surface area contributed by atoms with Crippen molar-refractivity contribution in [2.24, 2.45) is 17.8 Å².